The number of fused-ring (bicyclic) bond motifs is 1. The van der Waals surface area contributed by atoms with Gasteiger partial charge in [-0.05, 0) is 29.8 Å². The van der Waals surface area contributed by atoms with E-state index in [9.17, 15) is 0 Å². The van der Waals surface area contributed by atoms with Gasteiger partial charge in [-0.15, -0.1) is 34.2 Å². The second kappa shape index (κ2) is 9.21. The first kappa shape index (κ1) is 19.0. The normalized spacial score (nSPS) is 11.0. The fourth-order valence-corrected chi connectivity index (χ4v) is 2.32. The highest BCUT2D eigenvalue weighted by atomic mass is 127. The van der Waals surface area contributed by atoms with Crippen LogP contribution in [0.1, 0.15) is 11.4 Å². The van der Waals surface area contributed by atoms with Crippen molar-refractivity contribution in [1.29, 1.82) is 0 Å². The van der Waals surface area contributed by atoms with E-state index in [0.717, 1.165) is 22.8 Å². The summed E-state index contributed by atoms with van der Waals surface area (Å²) >= 11 is 0. The summed E-state index contributed by atoms with van der Waals surface area (Å²) in [6.07, 6.45) is 1.94. The van der Waals surface area contributed by atoms with Crippen LogP contribution in [0.3, 0.4) is 0 Å². The Morgan fingerprint density at radius 3 is 2.56 bits per heavy atom. The van der Waals surface area contributed by atoms with E-state index < -0.39 is 0 Å². The maximum Gasteiger partial charge on any atom is 0.191 e. The second-order valence-corrected chi connectivity index (χ2v) is 5.17. The van der Waals surface area contributed by atoms with Crippen molar-refractivity contribution in [3.8, 4) is 5.75 Å². The molecule has 0 fully saturated rings. The van der Waals surface area contributed by atoms with Crippen molar-refractivity contribution in [2.45, 2.75) is 13.1 Å². The summed E-state index contributed by atoms with van der Waals surface area (Å²) in [5.41, 5.74) is 1.97. The van der Waals surface area contributed by atoms with E-state index in [4.69, 9.17) is 4.74 Å². The Labute approximate surface area is 163 Å². The van der Waals surface area contributed by atoms with Crippen molar-refractivity contribution in [3.63, 3.8) is 0 Å². The Balaban J connectivity index is 0.00000225. The molecule has 2 heterocycles. The number of aliphatic imine (C=N–C) groups is 1. The van der Waals surface area contributed by atoms with Crippen molar-refractivity contribution in [2.24, 2.45) is 4.99 Å². The molecule has 2 N–H and O–H groups in total. The van der Waals surface area contributed by atoms with Gasteiger partial charge in [0.2, 0.25) is 0 Å². The van der Waals surface area contributed by atoms with E-state index in [1.165, 1.54) is 0 Å². The number of halogens is 1. The van der Waals surface area contributed by atoms with Crippen LogP contribution >= 0.6 is 24.0 Å². The number of guanidine groups is 1. The summed E-state index contributed by atoms with van der Waals surface area (Å²) in [6, 6.07) is 13.7. The maximum absolute atomic E-state index is 5.16. The molecule has 0 unspecified atom stereocenters. The average Bonchev–Trinajstić information content (AvgIpc) is 3.05. The molecule has 0 amide bonds. The third kappa shape index (κ3) is 4.81. The highest BCUT2D eigenvalue weighted by molar-refractivity contribution is 14.0. The molecule has 0 atom stereocenters. The highest BCUT2D eigenvalue weighted by Crippen LogP contribution is 2.10. The lowest BCUT2D eigenvalue weighted by Gasteiger charge is -2.11. The minimum Gasteiger partial charge on any atom is -0.497 e. The van der Waals surface area contributed by atoms with Crippen LogP contribution in [0, 0.1) is 0 Å². The summed E-state index contributed by atoms with van der Waals surface area (Å²) in [6.45, 7) is 1.21. The van der Waals surface area contributed by atoms with Crippen molar-refractivity contribution >= 4 is 35.6 Å². The van der Waals surface area contributed by atoms with Gasteiger partial charge in [0.25, 0.3) is 0 Å². The number of rotatable bonds is 5. The summed E-state index contributed by atoms with van der Waals surface area (Å²) < 4.78 is 7.11. The number of nitrogens with zero attached hydrogens (tertiary/aromatic N) is 4. The monoisotopic (exact) mass is 452 g/mol. The molecular weight excluding hydrogens is 431 g/mol. The number of ether oxygens (including phenoxy) is 1. The quantitative estimate of drug-likeness (QED) is 0.353. The first-order valence-electron chi connectivity index (χ1n) is 7.66. The predicted octanol–water partition coefficient (Wildman–Crippen LogP) is 2.22. The predicted molar refractivity (Wildman–Crippen MR) is 108 cm³/mol. The summed E-state index contributed by atoms with van der Waals surface area (Å²) in [5.74, 6) is 2.39. The molecule has 0 saturated carbocycles. The van der Waals surface area contributed by atoms with Crippen molar-refractivity contribution in [3.05, 3.63) is 60.0 Å². The van der Waals surface area contributed by atoms with E-state index in [-0.39, 0.29) is 24.0 Å². The van der Waals surface area contributed by atoms with Crippen LogP contribution < -0.4 is 15.4 Å². The van der Waals surface area contributed by atoms with Gasteiger partial charge in [-0.2, -0.15) is 0 Å². The van der Waals surface area contributed by atoms with Crippen LogP contribution in [0.4, 0.5) is 0 Å². The maximum atomic E-state index is 5.16. The zero-order valence-electron chi connectivity index (χ0n) is 14.1. The Kier molecular flexibility index (Phi) is 6.99. The number of methoxy groups -OCH3 is 1. The zero-order valence-corrected chi connectivity index (χ0v) is 16.5. The fraction of sp³-hybridized carbons (Fsp3) is 0.235. The molecule has 0 aliphatic heterocycles. The first-order chi connectivity index (χ1) is 11.8. The van der Waals surface area contributed by atoms with Crippen molar-refractivity contribution in [1.82, 2.24) is 25.2 Å². The lowest BCUT2D eigenvalue weighted by Crippen LogP contribution is -2.36. The summed E-state index contributed by atoms with van der Waals surface area (Å²) in [5, 5.41) is 14.8. The SMILES string of the molecule is CN=C(NCc1ccc(OC)cc1)NCc1nnc2ccccn12.I. The molecule has 132 valence electrons. The standard InChI is InChI=1S/C17H20N6O.HI/c1-18-17(19-11-13-6-8-14(24-2)9-7-13)20-12-16-22-21-15-5-3-4-10-23(15)16;/h3-10H,11-12H2,1-2H3,(H2,18,19,20);1H. The van der Waals surface area contributed by atoms with E-state index in [1.807, 2.05) is 53.1 Å². The third-order valence-corrected chi connectivity index (χ3v) is 3.64. The van der Waals surface area contributed by atoms with E-state index >= 15 is 0 Å². The van der Waals surface area contributed by atoms with Crippen LogP contribution in [-0.2, 0) is 13.1 Å². The van der Waals surface area contributed by atoms with Gasteiger partial charge >= 0.3 is 0 Å². The summed E-state index contributed by atoms with van der Waals surface area (Å²) in [7, 11) is 3.40. The number of benzene rings is 1. The molecule has 0 radical (unpaired) electrons. The van der Waals surface area contributed by atoms with Crippen LogP contribution in [0.25, 0.3) is 5.65 Å². The van der Waals surface area contributed by atoms with E-state index in [2.05, 4.69) is 25.8 Å². The Morgan fingerprint density at radius 2 is 1.84 bits per heavy atom. The number of pyridine rings is 1. The molecule has 2 aromatic heterocycles. The van der Waals surface area contributed by atoms with Crippen LogP contribution in [-0.4, -0.2) is 34.7 Å². The Hall–Kier alpha value is -2.36. The van der Waals surface area contributed by atoms with Gasteiger partial charge in [-0.25, -0.2) is 0 Å². The number of hydrogen-bond donors (Lipinski definition) is 2. The Bertz CT molecular complexity index is 831. The Morgan fingerprint density at radius 1 is 1.08 bits per heavy atom. The average molecular weight is 452 g/mol. The lowest BCUT2D eigenvalue weighted by molar-refractivity contribution is 0.414. The van der Waals surface area contributed by atoms with Gasteiger partial charge in [0.15, 0.2) is 17.4 Å². The van der Waals surface area contributed by atoms with Crippen molar-refractivity contribution < 1.29 is 4.74 Å². The smallest absolute Gasteiger partial charge is 0.191 e. The van der Waals surface area contributed by atoms with Crippen LogP contribution in [0.15, 0.2) is 53.7 Å². The summed E-state index contributed by atoms with van der Waals surface area (Å²) in [4.78, 5) is 4.23. The first-order valence-corrected chi connectivity index (χ1v) is 7.66. The molecular formula is C17H21IN6O. The molecule has 0 aliphatic rings. The van der Waals surface area contributed by atoms with Gasteiger partial charge in [-0.3, -0.25) is 9.39 Å². The molecule has 3 aromatic rings. The topological polar surface area (TPSA) is 75.8 Å². The van der Waals surface area contributed by atoms with Gasteiger partial charge in [0.05, 0.1) is 13.7 Å². The minimum absolute atomic E-state index is 0. The molecule has 25 heavy (non-hydrogen) atoms. The zero-order chi connectivity index (χ0) is 16.8. The van der Waals surface area contributed by atoms with Gasteiger partial charge in [-0.1, -0.05) is 18.2 Å². The highest BCUT2D eigenvalue weighted by Gasteiger charge is 2.05. The molecule has 0 aliphatic carbocycles. The number of aromatic nitrogens is 3. The molecule has 8 heteroatoms. The van der Waals surface area contributed by atoms with E-state index in [0.29, 0.717) is 19.0 Å². The lowest BCUT2D eigenvalue weighted by atomic mass is 10.2. The van der Waals surface area contributed by atoms with E-state index in [1.54, 1.807) is 14.2 Å². The molecule has 0 saturated heterocycles. The second-order valence-electron chi connectivity index (χ2n) is 5.17. The molecule has 3 rings (SSSR count). The molecule has 7 nitrogen and oxygen atoms in total. The number of hydrogen-bond acceptors (Lipinski definition) is 4. The van der Waals surface area contributed by atoms with Crippen molar-refractivity contribution in [2.75, 3.05) is 14.2 Å². The number of nitrogens with one attached hydrogen (secondary N) is 2. The molecule has 0 spiro atoms. The van der Waals surface area contributed by atoms with Gasteiger partial charge < -0.3 is 15.4 Å². The minimum atomic E-state index is 0. The van der Waals surface area contributed by atoms with Gasteiger partial charge in [0, 0.05) is 19.8 Å². The van der Waals surface area contributed by atoms with Crippen LogP contribution in [0.2, 0.25) is 0 Å². The fourth-order valence-electron chi connectivity index (χ4n) is 2.32. The third-order valence-electron chi connectivity index (χ3n) is 3.64. The van der Waals surface area contributed by atoms with Crippen LogP contribution in [0.5, 0.6) is 5.75 Å². The largest absolute Gasteiger partial charge is 0.497 e. The van der Waals surface area contributed by atoms with Gasteiger partial charge in [0.1, 0.15) is 5.75 Å². The molecule has 1 aromatic carbocycles. The molecule has 0 bridgehead atoms.